The van der Waals surface area contributed by atoms with Gasteiger partial charge in [-0.15, -0.1) is 11.8 Å². The van der Waals surface area contributed by atoms with E-state index < -0.39 is 0 Å². The Kier molecular flexibility index (Phi) is 3.17. The molecule has 1 amide bonds. The van der Waals surface area contributed by atoms with Gasteiger partial charge in [0.05, 0.1) is 5.56 Å². The van der Waals surface area contributed by atoms with Gasteiger partial charge in [0, 0.05) is 10.6 Å². The lowest BCUT2D eigenvalue weighted by atomic mass is 10.1. The van der Waals surface area contributed by atoms with E-state index in [0.717, 1.165) is 11.3 Å². The predicted octanol–water partition coefficient (Wildman–Crippen LogP) is 3.26. The van der Waals surface area contributed by atoms with Crippen molar-refractivity contribution in [3.63, 3.8) is 0 Å². The molecular formula is C15H14N2OS. The van der Waals surface area contributed by atoms with E-state index in [4.69, 9.17) is 0 Å². The molecule has 1 heterocycles. The Morgan fingerprint density at radius 2 is 1.74 bits per heavy atom. The van der Waals surface area contributed by atoms with Crippen molar-refractivity contribution in [2.45, 2.75) is 11.1 Å². The van der Waals surface area contributed by atoms with Crippen molar-refractivity contribution in [2.24, 2.45) is 0 Å². The molecule has 0 bridgehead atoms. The van der Waals surface area contributed by atoms with Gasteiger partial charge in [-0.1, -0.05) is 24.3 Å². The highest BCUT2D eigenvalue weighted by molar-refractivity contribution is 7.98. The van der Waals surface area contributed by atoms with Crippen molar-refractivity contribution >= 4 is 23.4 Å². The third kappa shape index (κ3) is 2.31. The molecule has 1 aliphatic rings. The van der Waals surface area contributed by atoms with Crippen molar-refractivity contribution in [3.8, 4) is 0 Å². The number of amides is 1. The molecule has 0 aromatic heterocycles. The molecule has 3 nitrogen and oxygen atoms in total. The van der Waals surface area contributed by atoms with Gasteiger partial charge in [-0.3, -0.25) is 4.79 Å². The van der Waals surface area contributed by atoms with Crippen LogP contribution in [0.25, 0.3) is 0 Å². The van der Waals surface area contributed by atoms with Crippen LogP contribution >= 0.6 is 11.8 Å². The molecular weight excluding hydrogens is 256 g/mol. The molecule has 19 heavy (non-hydrogen) atoms. The fourth-order valence-electron chi connectivity index (χ4n) is 2.17. The van der Waals surface area contributed by atoms with E-state index in [1.54, 1.807) is 11.8 Å². The highest BCUT2D eigenvalue weighted by Gasteiger charge is 2.23. The van der Waals surface area contributed by atoms with Gasteiger partial charge in [0.1, 0.15) is 6.17 Å². The summed E-state index contributed by atoms with van der Waals surface area (Å²) in [5.41, 5.74) is 2.63. The van der Waals surface area contributed by atoms with Crippen molar-refractivity contribution in [1.82, 2.24) is 5.32 Å². The highest BCUT2D eigenvalue weighted by atomic mass is 32.2. The lowest BCUT2D eigenvalue weighted by molar-refractivity contribution is 0.0935. The van der Waals surface area contributed by atoms with Crippen LogP contribution in [0.2, 0.25) is 0 Å². The summed E-state index contributed by atoms with van der Waals surface area (Å²) in [6.07, 6.45) is 1.88. The van der Waals surface area contributed by atoms with E-state index in [2.05, 4.69) is 22.8 Å². The monoisotopic (exact) mass is 270 g/mol. The molecule has 96 valence electrons. The first kappa shape index (κ1) is 12.1. The number of hydrogen-bond acceptors (Lipinski definition) is 3. The van der Waals surface area contributed by atoms with Crippen LogP contribution in [0.1, 0.15) is 22.1 Å². The zero-order valence-corrected chi connectivity index (χ0v) is 11.3. The van der Waals surface area contributed by atoms with Gasteiger partial charge in [-0.05, 0) is 36.1 Å². The highest BCUT2D eigenvalue weighted by Crippen LogP contribution is 2.27. The van der Waals surface area contributed by atoms with Gasteiger partial charge in [-0.25, -0.2) is 0 Å². The van der Waals surface area contributed by atoms with Gasteiger partial charge in [0.25, 0.3) is 5.91 Å². The summed E-state index contributed by atoms with van der Waals surface area (Å²) in [5, 5.41) is 6.31. The molecule has 1 atom stereocenters. The normalized spacial score (nSPS) is 17.3. The first-order chi connectivity index (χ1) is 9.28. The minimum absolute atomic E-state index is 0.0340. The third-order valence-corrected chi connectivity index (χ3v) is 3.94. The number of anilines is 1. The maximum absolute atomic E-state index is 12.0. The van der Waals surface area contributed by atoms with Crippen LogP contribution in [0.3, 0.4) is 0 Å². The molecule has 0 unspecified atom stereocenters. The molecule has 4 heteroatoms. The first-order valence-corrected chi connectivity index (χ1v) is 7.31. The summed E-state index contributed by atoms with van der Waals surface area (Å²) in [6.45, 7) is 0. The Bertz CT molecular complexity index is 610. The Morgan fingerprint density at radius 1 is 1.00 bits per heavy atom. The Hall–Kier alpha value is -1.94. The van der Waals surface area contributed by atoms with E-state index >= 15 is 0 Å². The molecule has 0 saturated carbocycles. The van der Waals surface area contributed by atoms with E-state index in [1.165, 1.54) is 4.90 Å². The van der Waals surface area contributed by atoms with Gasteiger partial charge in [0.15, 0.2) is 0 Å². The molecule has 1 aliphatic heterocycles. The number of carbonyl (C=O) groups is 1. The lowest BCUT2D eigenvalue weighted by Crippen LogP contribution is -2.38. The molecule has 0 saturated heterocycles. The van der Waals surface area contributed by atoms with Gasteiger partial charge >= 0.3 is 0 Å². The molecule has 0 fully saturated rings. The van der Waals surface area contributed by atoms with Crippen LogP contribution in [0.15, 0.2) is 53.4 Å². The second kappa shape index (κ2) is 4.97. The second-order valence-corrected chi connectivity index (χ2v) is 5.25. The third-order valence-electron chi connectivity index (χ3n) is 3.20. The zero-order valence-electron chi connectivity index (χ0n) is 10.5. The Labute approximate surface area is 116 Å². The number of nitrogens with one attached hydrogen (secondary N) is 2. The summed E-state index contributed by atoms with van der Waals surface area (Å²) >= 11 is 1.71. The molecule has 3 rings (SSSR count). The number of para-hydroxylation sites is 1. The Balaban J connectivity index is 1.90. The van der Waals surface area contributed by atoms with Crippen LogP contribution in [0.4, 0.5) is 5.69 Å². The topological polar surface area (TPSA) is 41.1 Å². The fourth-order valence-corrected chi connectivity index (χ4v) is 2.58. The first-order valence-electron chi connectivity index (χ1n) is 6.08. The van der Waals surface area contributed by atoms with E-state index in [0.29, 0.717) is 5.56 Å². The minimum Gasteiger partial charge on any atom is -0.361 e. The van der Waals surface area contributed by atoms with Crippen LogP contribution < -0.4 is 10.6 Å². The number of benzene rings is 2. The van der Waals surface area contributed by atoms with Gasteiger partial charge < -0.3 is 10.6 Å². The van der Waals surface area contributed by atoms with Crippen molar-refractivity contribution < 1.29 is 4.79 Å². The maximum atomic E-state index is 12.0. The molecule has 0 aliphatic carbocycles. The average molecular weight is 270 g/mol. The molecule has 0 spiro atoms. The summed E-state index contributed by atoms with van der Waals surface area (Å²) in [6, 6.07) is 15.8. The number of hydrogen-bond donors (Lipinski definition) is 2. The van der Waals surface area contributed by atoms with Crippen LogP contribution in [0, 0.1) is 0 Å². The Morgan fingerprint density at radius 3 is 2.47 bits per heavy atom. The average Bonchev–Trinajstić information content (AvgIpc) is 2.47. The van der Waals surface area contributed by atoms with Crippen LogP contribution in [0.5, 0.6) is 0 Å². The van der Waals surface area contributed by atoms with Crippen LogP contribution in [-0.4, -0.2) is 12.2 Å². The quantitative estimate of drug-likeness (QED) is 0.823. The fraction of sp³-hybridized carbons (Fsp3) is 0.133. The van der Waals surface area contributed by atoms with E-state index in [-0.39, 0.29) is 12.1 Å². The largest absolute Gasteiger partial charge is 0.361 e. The smallest absolute Gasteiger partial charge is 0.255 e. The standard InChI is InChI=1S/C15H14N2OS/c1-19-11-8-6-10(7-9-11)14-16-13-5-3-2-4-12(13)15(18)17-14/h2-9,14,16H,1H3,(H,17,18)/t14-/m0/s1. The predicted molar refractivity (Wildman–Crippen MR) is 78.5 cm³/mol. The number of rotatable bonds is 2. The minimum atomic E-state index is -0.168. The number of carbonyl (C=O) groups excluding carboxylic acids is 1. The lowest BCUT2D eigenvalue weighted by Gasteiger charge is -2.28. The van der Waals surface area contributed by atoms with Gasteiger partial charge in [-0.2, -0.15) is 0 Å². The van der Waals surface area contributed by atoms with Crippen molar-refractivity contribution in [1.29, 1.82) is 0 Å². The van der Waals surface area contributed by atoms with Crippen LogP contribution in [-0.2, 0) is 0 Å². The van der Waals surface area contributed by atoms with E-state index in [1.807, 2.05) is 42.7 Å². The maximum Gasteiger partial charge on any atom is 0.255 e. The SMILES string of the molecule is CSc1ccc([C@@H]2NC(=O)c3ccccc3N2)cc1. The summed E-state index contributed by atoms with van der Waals surface area (Å²) < 4.78 is 0. The zero-order chi connectivity index (χ0) is 13.2. The number of fused-ring (bicyclic) bond motifs is 1. The van der Waals surface area contributed by atoms with Crippen molar-refractivity contribution in [3.05, 3.63) is 59.7 Å². The summed E-state index contributed by atoms with van der Waals surface area (Å²) in [4.78, 5) is 13.3. The molecule has 2 N–H and O–H groups in total. The van der Waals surface area contributed by atoms with Crippen molar-refractivity contribution in [2.75, 3.05) is 11.6 Å². The number of thioether (sulfide) groups is 1. The second-order valence-electron chi connectivity index (χ2n) is 4.37. The molecule has 2 aromatic carbocycles. The van der Waals surface area contributed by atoms with E-state index in [9.17, 15) is 4.79 Å². The molecule has 2 aromatic rings. The summed E-state index contributed by atoms with van der Waals surface area (Å²) in [5.74, 6) is -0.0340. The van der Waals surface area contributed by atoms with Gasteiger partial charge in [0.2, 0.25) is 0 Å². The summed E-state index contributed by atoms with van der Waals surface area (Å²) in [7, 11) is 0. The molecule has 0 radical (unpaired) electrons.